The van der Waals surface area contributed by atoms with Crippen LogP contribution in [0.5, 0.6) is 11.5 Å². The highest BCUT2D eigenvalue weighted by Crippen LogP contribution is 2.39. The van der Waals surface area contributed by atoms with Gasteiger partial charge >= 0.3 is 5.97 Å². The lowest BCUT2D eigenvalue weighted by Gasteiger charge is -2.15. The summed E-state index contributed by atoms with van der Waals surface area (Å²) in [4.78, 5) is 50.8. The van der Waals surface area contributed by atoms with Crippen molar-refractivity contribution in [3.63, 3.8) is 0 Å². The quantitative estimate of drug-likeness (QED) is 0.219. The molecule has 1 aliphatic heterocycles. The fraction of sp³-hybridized carbons (Fsp3) is 0.214. The number of rotatable bonds is 10. The zero-order chi connectivity index (χ0) is 28.8. The van der Waals surface area contributed by atoms with Crippen LogP contribution in [0, 0.1) is 6.92 Å². The molecule has 2 heterocycles. The van der Waals surface area contributed by atoms with Crippen molar-refractivity contribution < 1.29 is 37.8 Å². The summed E-state index contributed by atoms with van der Waals surface area (Å²) in [5.41, 5.74) is 2.31. The topological polar surface area (TPSA) is 124 Å². The third-order valence-corrected chi connectivity index (χ3v) is 7.04. The van der Waals surface area contributed by atoms with Crippen molar-refractivity contribution in [1.29, 1.82) is 0 Å². The normalized spacial score (nSPS) is 14.0. The lowest BCUT2D eigenvalue weighted by atomic mass is 10.2. The van der Waals surface area contributed by atoms with Crippen LogP contribution in [0.25, 0.3) is 6.08 Å². The number of nitrogens with one attached hydrogen (secondary N) is 1. The van der Waals surface area contributed by atoms with Crippen molar-refractivity contribution in [2.24, 2.45) is 0 Å². The van der Waals surface area contributed by atoms with Crippen LogP contribution in [0.4, 0.5) is 10.5 Å². The minimum absolute atomic E-state index is 0.0248. The first-order chi connectivity index (χ1) is 19.2. The highest BCUT2D eigenvalue weighted by Gasteiger charge is 2.36. The number of amides is 3. The van der Waals surface area contributed by atoms with Crippen molar-refractivity contribution in [3.05, 3.63) is 80.6 Å². The number of hydrogen-bond acceptors (Lipinski definition) is 9. The van der Waals surface area contributed by atoms with Crippen molar-refractivity contribution in [1.82, 2.24) is 4.90 Å². The summed E-state index contributed by atoms with van der Waals surface area (Å²) in [5, 5.41) is 2.30. The molecule has 0 unspecified atom stereocenters. The second-order valence-corrected chi connectivity index (χ2v) is 10.3. The fourth-order valence-corrected chi connectivity index (χ4v) is 5.08. The Balaban J connectivity index is 1.47. The third-order valence-electron chi connectivity index (χ3n) is 5.55. The van der Waals surface area contributed by atoms with Crippen molar-refractivity contribution in [2.75, 3.05) is 25.6 Å². The predicted molar refractivity (Wildman–Crippen MR) is 152 cm³/mol. The van der Waals surface area contributed by atoms with E-state index >= 15 is 0 Å². The molecule has 12 heteroatoms. The van der Waals surface area contributed by atoms with E-state index in [0.29, 0.717) is 33.8 Å². The lowest BCUT2D eigenvalue weighted by molar-refractivity contribution is -0.123. The Labute approximate surface area is 242 Å². The molecule has 1 aromatic heterocycles. The van der Waals surface area contributed by atoms with Gasteiger partial charge in [0, 0.05) is 5.69 Å². The summed E-state index contributed by atoms with van der Waals surface area (Å²) in [6.07, 6.45) is 1.56. The Kier molecular flexibility index (Phi) is 9.33. The number of imide groups is 1. The molecule has 0 saturated carbocycles. The molecule has 4 rings (SSSR count). The van der Waals surface area contributed by atoms with Crippen LogP contribution >= 0.6 is 27.7 Å². The minimum Gasteiger partial charge on any atom is -0.490 e. The number of ether oxygens (including phenoxy) is 3. The number of esters is 1. The number of furan rings is 1. The monoisotopic (exact) mass is 628 g/mol. The minimum atomic E-state index is -0.657. The molecule has 3 amide bonds. The van der Waals surface area contributed by atoms with E-state index in [2.05, 4.69) is 26.0 Å². The number of methoxy groups -OCH3 is 1. The first-order valence-corrected chi connectivity index (χ1v) is 13.7. The van der Waals surface area contributed by atoms with E-state index in [-0.39, 0.29) is 35.5 Å². The third kappa shape index (κ3) is 6.93. The van der Waals surface area contributed by atoms with E-state index in [9.17, 15) is 19.2 Å². The van der Waals surface area contributed by atoms with E-state index in [1.165, 1.54) is 19.2 Å². The van der Waals surface area contributed by atoms with Crippen molar-refractivity contribution in [3.8, 4) is 11.5 Å². The molecule has 1 N–H and O–H groups in total. The number of nitrogens with zero attached hydrogens (tertiary/aromatic N) is 1. The smallest absolute Gasteiger partial charge is 0.373 e. The molecule has 3 aromatic rings. The van der Waals surface area contributed by atoms with E-state index < -0.39 is 17.1 Å². The molecule has 1 fully saturated rings. The Bertz CT molecular complexity index is 1480. The second-order valence-electron chi connectivity index (χ2n) is 8.49. The van der Waals surface area contributed by atoms with Crippen LogP contribution in [0.1, 0.15) is 34.4 Å². The summed E-state index contributed by atoms with van der Waals surface area (Å²) in [7, 11) is 1.23. The number of benzene rings is 2. The number of hydrogen-bond donors (Lipinski definition) is 1. The molecular formula is C28H25BrN2O8S. The molecule has 0 aliphatic carbocycles. The maximum Gasteiger partial charge on any atom is 0.373 e. The van der Waals surface area contributed by atoms with Gasteiger partial charge in [-0.05, 0) is 89.6 Å². The first-order valence-electron chi connectivity index (χ1n) is 12.1. The van der Waals surface area contributed by atoms with E-state index in [4.69, 9.17) is 13.9 Å². The number of aryl methyl sites for hydroxylation is 1. The van der Waals surface area contributed by atoms with Crippen LogP contribution in [-0.2, 0) is 20.9 Å². The predicted octanol–water partition coefficient (Wildman–Crippen LogP) is 5.79. The molecule has 1 aliphatic rings. The van der Waals surface area contributed by atoms with Gasteiger partial charge < -0.3 is 23.9 Å². The molecule has 208 valence electrons. The largest absolute Gasteiger partial charge is 0.490 e. The van der Waals surface area contributed by atoms with E-state index in [1.807, 2.05) is 19.1 Å². The average molecular weight is 629 g/mol. The van der Waals surface area contributed by atoms with Crippen LogP contribution in [0.3, 0.4) is 0 Å². The number of thioether (sulfide) groups is 1. The molecule has 0 bridgehead atoms. The molecule has 40 heavy (non-hydrogen) atoms. The molecule has 2 aromatic carbocycles. The average Bonchev–Trinajstić information content (AvgIpc) is 3.49. The second kappa shape index (κ2) is 12.9. The SMILES string of the molecule is CCOc1cc(/C=C2/SC(=O)N(Cc3ccc(C(=O)OC)o3)C2=O)cc(Br)c1OCC(=O)Nc1ccc(C)cc1. The lowest BCUT2D eigenvalue weighted by Crippen LogP contribution is -2.27. The van der Waals surface area contributed by atoms with Gasteiger partial charge in [0.1, 0.15) is 5.76 Å². The molecule has 0 spiro atoms. The number of anilines is 1. The van der Waals surface area contributed by atoms with E-state index in [1.54, 1.807) is 37.3 Å². The summed E-state index contributed by atoms with van der Waals surface area (Å²) in [5.74, 6) is -0.585. The van der Waals surface area contributed by atoms with Crippen LogP contribution in [0.15, 0.2) is 62.3 Å². The Morgan fingerprint density at radius 2 is 1.85 bits per heavy atom. The summed E-state index contributed by atoms with van der Waals surface area (Å²) < 4.78 is 22.0. The zero-order valence-corrected chi connectivity index (χ0v) is 24.2. The van der Waals surface area contributed by atoms with Crippen LogP contribution in [-0.4, -0.2) is 48.2 Å². The van der Waals surface area contributed by atoms with Gasteiger partial charge in [-0.2, -0.15) is 0 Å². The van der Waals surface area contributed by atoms with Gasteiger partial charge in [-0.25, -0.2) is 4.79 Å². The highest BCUT2D eigenvalue weighted by molar-refractivity contribution is 9.10. The van der Waals surface area contributed by atoms with Gasteiger partial charge in [-0.15, -0.1) is 0 Å². The van der Waals surface area contributed by atoms with Gasteiger partial charge in [0.25, 0.3) is 17.1 Å². The van der Waals surface area contributed by atoms with Gasteiger partial charge in [0.05, 0.1) is 29.6 Å². The summed E-state index contributed by atoms with van der Waals surface area (Å²) in [6, 6.07) is 13.7. The molecular weight excluding hydrogens is 604 g/mol. The molecule has 10 nitrogen and oxygen atoms in total. The number of carbonyl (C=O) groups excluding carboxylic acids is 4. The molecule has 0 atom stereocenters. The number of halogens is 1. The fourth-order valence-electron chi connectivity index (χ4n) is 3.66. The van der Waals surface area contributed by atoms with Crippen molar-refractivity contribution in [2.45, 2.75) is 20.4 Å². The van der Waals surface area contributed by atoms with E-state index in [0.717, 1.165) is 22.2 Å². The Morgan fingerprint density at radius 1 is 1.10 bits per heavy atom. The Hall–Kier alpha value is -4.03. The van der Waals surface area contributed by atoms with Gasteiger partial charge in [0.15, 0.2) is 18.1 Å². The maximum absolute atomic E-state index is 13.0. The summed E-state index contributed by atoms with van der Waals surface area (Å²) in [6.45, 7) is 3.70. The maximum atomic E-state index is 13.0. The van der Waals surface area contributed by atoms with Crippen molar-refractivity contribution >= 4 is 62.5 Å². The Morgan fingerprint density at radius 3 is 2.55 bits per heavy atom. The van der Waals surface area contributed by atoms with Gasteiger partial charge in [0.2, 0.25) is 5.76 Å². The summed E-state index contributed by atoms with van der Waals surface area (Å²) >= 11 is 4.24. The molecule has 1 saturated heterocycles. The van der Waals surface area contributed by atoms with Gasteiger partial charge in [-0.3, -0.25) is 19.3 Å². The zero-order valence-electron chi connectivity index (χ0n) is 21.8. The number of carbonyl (C=O) groups is 4. The standard InChI is InChI=1S/C28H25BrN2O8S/c1-4-37-22-12-17(11-20(29)25(22)38-15-24(32)30-18-7-5-16(2)6-8-18)13-23-26(33)31(28(35)40-23)14-19-9-10-21(39-19)27(34)36-3/h5-13H,4,14-15H2,1-3H3,(H,30,32)/b23-13+. The highest BCUT2D eigenvalue weighted by atomic mass is 79.9. The van der Waals surface area contributed by atoms with Crippen LogP contribution < -0.4 is 14.8 Å². The molecule has 0 radical (unpaired) electrons. The first kappa shape index (κ1) is 29.0. The van der Waals surface area contributed by atoms with Gasteiger partial charge in [-0.1, -0.05) is 17.7 Å². The van der Waals surface area contributed by atoms with Crippen LogP contribution in [0.2, 0.25) is 0 Å².